The lowest BCUT2D eigenvalue weighted by molar-refractivity contribution is 1.09. The molecule has 0 radical (unpaired) electrons. The minimum absolute atomic E-state index is 0.577. The summed E-state index contributed by atoms with van der Waals surface area (Å²) in [5.41, 5.74) is 5.93. The van der Waals surface area contributed by atoms with Crippen LogP contribution in [0.1, 0.15) is 23.6 Å². The Morgan fingerprint density at radius 1 is 1.07 bits per heavy atom. The zero-order valence-corrected chi connectivity index (χ0v) is 15.8. The third-order valence-electron chi connectivity index (χ3n) is 4.12. The Morgan fingerprint density at radius 3 is 2.59 bits per heavy atom. The van der Waals surface area contributed by atoms with Crippen LogP contribution in [0.15, 0.2) is 89.1 Å². The van der Waals surface area contributed by atoms with Gasteiger partial charge in [-0.1, -0.05) is 61.2 Å². The maximum atomic E-state index is 4.64. The molecule has 2 N–H and O–H groups in total. The molecule has 1 aliphatic rings. The van der Waals surface area contributed by atoms with Crippen LogP contribution in [-0.2, 0) is 0 Å². The van der Waals surface area contributed by atoms with Gasteiger partial charge in [0.2, 0.25) is 0 Å². The molecular weight excluding hydrogens is 332 g/mol. The van der Waals surface area contributed by atoms with E-state index in [1.54, 1.807) is 0 Å². The van der Waals surface area contributed by atoms with Crippen LogP contribution >= 0.6 is 0 Å². The van der Waals surface area contributed by atoms with Gasteiger partial charge >= 0.3 is 0 Å². The molecule has 1 aliphatic heterocycles. The van der Waals surface area contributed by atoms with Gasteiger partial charge in [-0.15, -0.1) is 0 Å². The van der Waals surface area contributed by atoms with Gasteiger partial charge in [0, 0.05) is 16.9 Å². The maximum absolute atomic E-state index is 4.64. The number of hydrogen-bond donors (Lipinski definition) is 2. The number of aliphatic imine (C=N–C) groups is 2. The fourth-order valence-electron chi connectivity index (χ4n) is 2.75. The number of rotatable bonds is 5. The van der Waals surface area contributed by atoms with Crippen molar-refractivity contribution in [3.63, 3.8) is 0 Å². The number of nitrogens with zero attached hydrogens (tertiary/aromatic N) is 2. The first-order valence-electron chi connectivity index (χ1n) is 8.87. The summed E-state index contributed by atoms with van der Waals surface area (Å²) in [6.45, 7) is 12.4. The molecule has 4 nitrogen and oxygen atoms in total. The molecular formula is C23H24N4. The van der Waals surface area contributed by atoms with Crippen LogP contribution in [0.3, 0.4) is 0 Å². The summed E-state index contributed by atoms with van der Waals surface area (Å²) in [5.74, 6) is 1.45. The summed E-state index contributed by atoms with van der Waals surface area (Å²) in [4.78, 5) is 9.28. The summed E-state index contributed by atoms with van der Waals surface area (Å²) < 4.78 is 0. The van der Waals surface area contributed by atoms with Crippen LogP contribution in [0.2, 0.25) is 0 Å². The van der Waals surface area contributed by atoms with E-state index in [0.717, 1.165) is 34.0 Å². The van der Waals surface area contributed by atoms with E-state index in [2.05, 4.69) is 52.8 Å². The highest BCUT2D eigenvalue weighted by molar-refractivity contribution is 6.07. The average Bonchev–Trinajstić information content (AvgIpc) is 2.65. The predicted molar refractivity (Wildman–Crippen MR) is 116 cm³/mol. The lowest BCUT2D eigenvalue weighted by Crippen LogP contribution is -2.25. The smallest absolute Gasteiger partial charge is 0.139 e. The maximum Gasteiger partial charge on any atom is 0.139 e. The Labute approximate surface area is 160 Å². The highest BCUT2D eigenvalue weighted by Crippen LogP contribution is 2.14. The first-order valence-corrected chi connectivity index (χ1v) is 8.87. The highest BCUT2D eigenvalue weighted by Gasteiger charge is 2.09. The van der Waals surface area contributed by atoms with E-state index in [1.807, 2.05) is 55.5 Å². The molecule has 0 saturated carbocycles. The fraction of sp³-hybridized carbons (Fsp3) is 0.130. The minimum atomic E-state index is 0.577. The summed E-state index contributed by atoms with van der Waals surface area (Å²) in [5, 5.41) is 6.68. The van der Waals surface area contributed by atoms with E-state index >= 15 is 0 Å². The molecule has 0 aromatic heterocycles. The van der Waals surface area contributed by atoms with Crippen LogP contribution in [0.5, 0.6) is 0 Å². The van der Waals surface area contributed by atoms with E-state index in [9.17, 15) is 0 Å². The van der Waals surface area contributed by atoms with Crippen molar-refractivity contribution < 1.29 is 0 Å². The second kappa shape index (κ2) is 8.32. The van der Waals surface area contributed by atoms with Gasteiger partial charge in [0.05, 0.1) is 12.2 Å². The molecule has 4 heteroatoms. The first kappa shape index (κ1) is 18.4. The number of benzene rings is 2. The summed E-state index contributed by atoms with van der Waals surface area (Å²) in [7, 11) is 0. The summed E-state index contributed by atoms with van der Waals surface area (Å²) >= 11 is 0. The van der Waals surface area contributed by atoms with Crippen LogP contribution in [0.4, 0.5) is 5.69 Å². The van der Waals surface area contributed by atoms with Crippen LogP contribution in [0, 0.1) is 6.92 Å². The molecule has 2 aromatic rings. The van der Waals surface area contributed by atoms with Crippen LogP contribution in [-0.4, -0.2) is 18.2 Å². The lowest BCUT2D eigenvalue weighted by atomic mass is 10.1. The first-order chi connectivity index (χ1) is 13.0. The normalized spacial score (nSPS) is 16.1. The Kier molecular flexibility index (Phi) is 5.67. The quantitative estimate of drug-likeness (QED) is 0.799. The molecule has 1 heterocycles. The minimum Gasteiger partial charge on any atom is -0.379 e. The van der Waals surface area contributed by atoms with E-state index in [-0.39, 0.29) is 0 Å². The van der Waals surface area contributed by atoms with Crippen LogP contribution in [0.25, 0.3) is 6.08 Å². The van der Waals surface area contributed by atoms with E-state index in [0.29, 0.717) is 12.4 Å². The topological polar surface area (TPSA) is 48.8 Å². The molecule has 0 bridgehead atoms. The standard InChI is InChI=1S/C23H24N4/c1-5-19-7-6-8-21(14-19)24-15-22-13-17(3)25-23(27-18(4)26-22)20-11-9-16(2)10-12-20/h5-14,24H,1,3,15H2,2,4H3,(H,25,26,27)/b22-13-. The van der Waals surface area contributed by atoms with Crippen molar-refractivity contribution in [2.45, 2.75) is 13.8 Å². The molecule has 27 heavy (non-hydrogen) atoms. The largest absolute Gasteiger partial charge is 0.379 e. The Morgan fingerprint density at radius 2 is 1.85 bits per heavy atom. The second-order valence-electron chi connectivity index (χ2n) is 6.45. The van der Waals surface area contributed by atoms with Crippen molar-refractivity contribution in [2.24, 2.45) is 9.98 Å². The molecule has 0 fully saturated rings. The number of aryl methyl sites for hydroxylation is 1. The Bertz CT molecular complexity index is 947. The van der Waals surface area contributed by atoms with Crippen molar-refractivity contribution in [1.82, 2.24) is 5.32 Å². The predicted octanol–water partition coefficient (Wildman–Crippen LogP) is 4.92. The van der Waals surface area contributed by atoms with E-state index < -0.39 is 0 Å². The Balaban J connectivity index is 1.78. The van der Waals surface area contributed by atoms with Crippen molar-refractivity contribution in [1.29, 1.82) is 0 Å². The third kappa shape index (κ3) is 5.05. The van der Waals surface area contributed by atoms with Gasteiger partial charge in [-0.2, -0.15) is 0 Å². The monoisotopic (exact) mass is 356 g/mol. The fourth-order valence-corrected chi connectivity index (χ4v) is 2.75. The van der Waals surface area contributed by atoms with Gasteiger partial charge in [-0.3, -0.25) is 0 Å². The van der Waals surface area contributed by atoms with Crippen molar-refractivity contribution >= 4 is 23.4 Å². The lowest BCUT2D eigenvalue weighted by Gasteiger charge is -2.15. The van der Waals surface area contributed by atoms with Crippen molar-refractivity contribution in [3.05, 3.63) is 95.8 Å². The third-order valence-corrected chi connectivity index (χ3v) is 4.12. The van der Waals surface area contributed by atoms with Gasteiger partial charge in [-0.05, 0) is 37.6 Å². The molecule has 0 saturated heterocycles. The van der Waals surface area contributed by atoms with Gasteiger partial charge in [0.15, 0.2) is 0 Å². The number of allylic oxidation sites excluding steroid dienone is 1. The summed E-state index contributed by atoms with van der Waals surface area (Å²) in [6, 6.07) is 16.3. The number of anilines is 1. The molecule has 0 amide bonds. The molecule has 0 unspecified atom stereocenters. The van der Waals surface area contributed by atoms with Gasteiger partial charge in [-0.25, -0.2) is 9.98 Å². The summed E-state index contributed by atoms with van der Waals surface area (Å²) in [6.07, 6.45) is 3.77. The van der Waals surface area contributed by atoms with Crippen molar-refractivity contribution in [2.75, 3.05) is 11.9 Å². The highest BCUT2D eigenvalue weighted by atomic mass is 15.1. The van der Waals surface area contributed by atoms with Gasteiger partial charge in [0.25, 0.3) is 0 Å². The van der Waals surface area contributed by atoms with Crippen molar-refractivity contribution in [3.8, 4) is 0 Å². The zero-order valence-electron chi connectivity index (χ0n) is 15.8. The van der Waals surface area contributed by atoms with Gasteiger partial charge in [0.1, 0.15) is 11.7 Å². The average molecular weight is 356 g/mol. The van der Waals surface area contributed by atoms with Gasteiger partial charge < -0.3 is 10.6 Å². The number of nitrogens with one attached hydrogen (secondary N) is 2. The molecule has 0 aliphatic carbocycles. The number of hydrogen-bond acceptors (Lipinski definition) is 4. The number of amidine groups is 2. The SMILES string of the molecule is C=Cc1cccc(NC/C2=C/C(=C)NC(c3ccc(C)cc3)=NC(C)=N2)c1. The Hall–Kier alpha value is -3.40. The molecule has 136 valence electrons. The molecule has 2 aromatic carbocycles. The molecule has 0 spiro atoms. The second-order valence-corrected chi connectivity index (χ2v) is 6.45. The molecule has 0 atom stereocenters. The molecule has 3 rings (SSSR count). The van der Waals surface area contributed by atoms with Crippen LogP contribution < -0.4 is 10.6 Å². The van der Waals surface area contributed by atoms with E-state index in [1.165, 1.54) is 5.56 Å². The zero-order chi connectivity index (χ0) is 19.2. The van der Waals surface area contributed by atoms with E-state index in [4.69, 9.17) is 0 Å².